The number of hydrogen-bond acceptors (Lipinski definition) is 1. The lowest BCUT2D eigenvalue weighted by Crippen LogP contribution is -2.48. The van der Waals surface area contributed by atoms with Crippen molar-refractivity contribution in [3.8, 4) is 0 Å². The topological polar surface area (TPSA) is 12.0 Å². The Hall–Kier alpha value is -0.320. The Morgan fingerprint density at radius 1 is 1.11 bits per heavy atom. The molecular formula is C13H23F4N. The number of halogens is 4. The summed E-state index contributed by atoms with van der Waals surface area (Å²) < 4.78 is 49.9. The normalized spacial score (nSPS) is 24.5. The second-order valence-electron chi connectivity index (χ2n) is 7.05. The first-order valence-electron chi connectivity index (χ1n) is 6.33. The van der Waals surface area contributed by atoms with Crippen molar-refractivity contribution in [2.75, 3.05) is 6.54 Å². The number of rotatable bonds is 4. The van der Waals surface area contributed by atoms with Gasteiger partial charge >= 0.3 is 12.3 Å². The minimum atomic E-state index is -3.94. The summed E-state index contributed by atoms with van der Waals surface area (Å²) in [5.74, 6) is -3.94. The van der Waals surface area contributed by atoms with Crippen molar-refractivity contribution in [2.24, 2.45) is 10.8 Å². The van der Waals surface area contributed by atoms with Gasteiger partial charge in [-0.15, -0.1) is 0 Å². The molecule has 0 amide bonds. The van der Waals surface area contributed by atoms with Gasteiger partial charge in [-0.05, 0) is 30.1 Å². The zero-order chi connectivity index (χ0) is 14.2. The zero-order valence-electron chi connectivity index (χ0n) is 11.5. The third-order valence-electron chi connectivity index (χ3n) is 3.50. The highest BCUT2D eigenvalue weighted by atomic mass is 19.3. The van der Waals surface area contributed by atoms with Crippen molar-refractivity contribution in [3.63, 3.8) is 0 Å². The Labute approximate surface area is 106 Å². The minimum Gasteiger partial charge on any atom is -0.308 e. The molecule has 0 bridgehead atoms. The molecule has 1 nitrogen and oxygen atoms in total. The van der Waals surface area contributed by atoms with E-state index in [1.54, 1.807) is 0 Å². The molecule has 0 heterocycles. The van der Waals surface area contributed by atoms with E-state index in [4.69, 9.17) is 0 Å². The standard InChI is InChI=1S/C13H23F4N/c1-11(2)5-9(6-12(3,4)7-11)18-8-13(16,17)10(14)15/h9-10,18H,5-8H2,1-4H3. The molecule has 0 aliphatic heterocycles. The second-order valence-corrected chi connectivity index (χ2v) is 7.05. The van der Waals surface area contributed by atoms with Crippen LogP contribution >= 0.6 is 0 Å². The quantitative estimate of drug-likeness (QED) is 0.758. The number of alkyl halides is 4. The second kappa shape index (κ2) is 4.99. The number of hydrogen-bond donors (Lipinski definition) is 1. The van der Waals surface area contributed by atoms with E-state index in [2.05, 4.69) is 33.0 Å². The lowest BCUT2D eigenvalue weighted by atomic mass is 9.63. The summed E-state index contributed by atoms with van der Waals surface area (Å²) in [6, 6.07) is -0.117. The Balaban J connectivity index is 2.57. The highest BCUT2D eigenvalue weighted by molar-refractivity contribution is 4.93. The molecule has 0 saturated heterocycles. The molecule has 0 atom stereocenters. The third kappa shape index (κ3) is 4.41. The van der Waals surface area contributed by atoms with Crippen LogP contribution < -0.4 is 5.32 Å². The summed E-state index contributed by atoms with van der Waals surface area (Å²) in [6.07, 6.45) is -1.09. The molecule has 0 aromatic rings. The fraction of sp³-hybridized carbons (Fsp3) is 1.00. The van der Waals surface area contributed by atoms with Crippen molar-refractivity contribution >= 4 is 0 Å². The van der Waals surface area contributed by atoms with E-state index >= 15 is 0 Å². The zero-order valence-corrected chi connectivity index (χ0v) is 11.5. The predicted octanol–water partition coefficient (Wildman–Crippen LogP) is 4.08. The van der Waals surface area contributed by atoms with E-state index in [0.717, 1.165) is 19.3 Å². The molecule has 1 fully saturated rings. The maximum absolute atomic E-state index is 12.9. The fourth-order valence-corrected chi connectivity index (χ4v) is 3.35. The summed E-state index contributed by atoms with van der Waals surface area (Å²) in [6.45, 7) is 7.42. The Bertz CT molecular complexity index is 271. The van der Waals surface area contributed by atoms with Gasteiger partial charge in [0.05, 0.1) is 6.54 Å². The fourth-order valence-electron chi connectivity index (χ4n) is 3.35. The van der Waals surface area contributed by atoms with Crippen molar-refractivity contribution in [3.05, 3.63) is 0 Å². The molecule has 1 rings (SSSR count). The molecule has 1 aliphatic rings. The van der Waals surface area contributed by atoms with Gasteiger partial charge in [0.2, 0.25) is 0 Å². The van der Waals surface area contributed by atoms with Gasteiger partial charge in [-0.25, -0.2) is 8.78 Å². The summed E-state index contributed by atoms with van der Waals surface area (Å²) >= 11 is 0. The predicted molar refractivity (Wildman–Crippen MR) is 64.2 cm³/mol. The first-order chi connectivity index (χ1) is 7.94. The van der Waals surface area contributed by atoms with E-state index in [9.17, 15) is 17.6 Å². The van der Waals surface area contributed by atoms with Gasteiger partial charge in [0.15, 0.2) is 0 Å². The van der Waals surface area contributed by atoms with Crippen LogP contribution in [0.1, 0.15) is 47.0 Å². The molecule has 1 N–H and O–H groups in total. The van der Waals surface area contributed by atoms with Crippen LogP contribution in [0.4, 0.5) is 17.6 Å². The Morgan fingerprint density at radius 3 is 1.94 bits per heavy atom. The molecule has 1 aliphatic carbocycles. The Kier molecular flexibility index (Phi) is 4.36. The van der Waals surface area contributed by atoms with E-state index in [1.165, 1.54) is 0 Å². The van der Waals surface area contributed by atoms with Crippen molar-refractivity contribution in [2.45, 2.75) is 65.3 Å². The van der Waals surface area contributed by atoms with Crippen LogP contribution in [0.3, 0.4) is 0 Å². The summed E-state index contributed by atoms with van der Waals surface area (Å²) in [4.78, 5) is 0. The summed E-state index contributed by atoms with van der Waals surface area (Å²) in [7, 11) is 0. The summed E-state index contributed by atoms with van der Waals surface area (Å²) in [5.41, 5.74) is 0.110. The molecule has 0 unspecified atom stereocenters. The van der Waals surface area contributed by atoms with Crippen LogP contribution in [-0.2, 0) is 0 Å². The molecule has 0 aromatic carbocycles. The largest absolute Gasteiger partial charge is 0.319 e. The summed E-state index contributed by atoms with van der Waals surface area (Å²) in [5, 5.41) is 2.62. The smallest absolute Gasteiger partial charge is 0.308 e. The van der Waals surface area contributed by atoms with E-state index < -0.39 is 18.9 Å². The molecule has 108 valence electrons. The van der Waals surface area contributed by atoms with Crippen LogP contribution in [0.25, 0.3) is 0 Å². The molecule has 18 heavy (non-hydrogen) atoms. The monoisotopic (exact) mass is 269 g/mol. The van der Waals surface area contributed by atoms with E-state index in [0.29, 0.717) is 0 Å². The van der Waals surface area contributed by atoms with Crippen LogP contribution in [0, 0.1) is 10.8 Å². The van der Waals surface area contributed by atoms with Crippen LogP contribution in [0.5, 0.6) is 0 Å². The molecule has 1 saturated carbocycles. The molecule has 5 heteroatoms. The van der Waals surface area contributed by atoms with E-state index in [-0.39, 0.29) is 16.9 Å². The average molecular weight is 269 g/mol. The molecular weight excluding hydrogens is 246 g/mol. The van der Waals surface area contributed by atoms with E-state index in [1.807, 2.05) is 0 Å². The average Bonchev–Trinajstić information content (AvgIpc) is 2.09. The van der Waals surface area contributed by atoms with Gasteiger partial charge in [0, 0.05) is 6.04 Å². The molecule has 0 radical (unpaired) electrons. The number of nitrogens with one attached hydrogen (secondary N) is 1. The van der Waals surface area contributed by atoms with Crippen LogP contribution in [-0.4, -0.2) is 24.9 Å². The van der Waals surface area contributed by atoms with Gasteiger partial charge in [0.1, 0.15) is 0 Å². The molecule has 0 aromatic heterocycles. The van der Waals surface area contributed by atoms with Gasteiger partial charge in [-0.1, -0.05) is 27.7 Å². The van der Waals surface area contributed by atoms with Gasteiger partial charge < -0.3 is 5.32 Å². The Morgan fingerprint density at radius 2 is 1.56 bits per heavy atom. The highest BCUT2D eigenvalue weighted by Crippen LogP contribution is 2.45. The first kappa shape index (κ1) is 15.7. The van der Waals surface area contributed by atoms with Crippen molar-refractivity contribution in [1.29, 1.82) is 0 Å². The van der Waals surface area contributed by atoms with Crippen LogP contribution in [0.15, 0.2) is 0 Å². The van der Waals surface area contributed by atoms with Gasteiger partial charge in [0.25, 0.3) is 0 Å². The highest BCUT2D eigenvalue weighted by Gasteiger charge is 2.43. The first-order valence-corrected chi connectivity index (χ1v) is 6.33. The van der Waals surface area contributed by atoms with Gasteiger partial charge in [-0.2, -0.15) is 8.78 Å². The molecule has 0 spiro atoms. The van der Waals surface area contributed by atoms with Gasteiger partial charge in [-0.3, -0.25) is 0 Å². The lowest BCUT2D eigenvalue weighted by Gasteiger charge is -2.45. The minimum absolute atomic E-state index is 0.0551. The lowest BCUT2D eigenvalue weighted by molar-refractivity contribution is -0.127. The van der Waals surface area contributed by atoms with Crippen molar-refractivity contribution < 1.29 is 17.6 Å². The van der Waals surface area contributed by atoms with Crippen LogP contribution in [0.2, 0.25) is 0 Å². The maximum Gasteiger partial charge on any atom is 0.319 e. The van der Waals surface area contributed by atoms with Crippen molar-refractivity contribution in [1.82, 2.24) is 5.32 Å². The SMILES string of the molecule is CC1(C)CC(NCC(F)(F)C(F)F)CC(C)(C)C1. The third-order valence-corrected chi connectivity index (χ3v) is 3.50. The maximum atomic E-state index is 12.9.